The molecule has 1 atom stereocenters. The fourth-order valence-corrected chi connectivity index (χ4v) is 4.53. The van der Waals surface area contributed by atoms with Gasteiger partial charge in [0, 0.05) is 12.0 Å². The highest BCUT2D eigenvalue weighted by Crippen LogP contribution is 2.45. The monoisotopic (exact) mass is 504 g/mol. The third kappa shape index (κ3) is 10.5. The number of ether oxygens (including phenoxy) is 1. The second-order valence-corrected chi connectivity index (χ2v) is 9.38. The van der Waals surface area contributed by atoms with E-state index in [2.05, 4.69) is 24.1 Å². The van der Waals surface area contributed by atoms with Gasteiger partial charge in [0.25, 0.3) is 0 Å². The van der Waals surface area contributed by atoms with Gasteiger partial charge in [-0.05, 0) is 83.9 Å². The highest BCUT2D eigenvalue weighted by atomic mass is 19.4. The van der Waals surface area contributed by atoms with Crippen molar-refractivity contribution >= 4 is 11.9 Å². The van der Waals surface area contributed by atoms with E-state index in [1.165, 1.54) is 6.07 Å². The summed E-state index contributed by atoms with van der Waals surface area (Å²) in [5, 5.41) is 18.3. The molecule has 0 amide bonds. The van der Waals surface area contributed by atoms with Crippen LogP contribution in [0.3, 0.4) is 0 Å². The molecule has 0 radical (unpaired) electrons. The van der Waals surface area contributed by atoms with Crippen LogP contribution >= 0.6 is 0 Å². The van der Waals surface area contributed by atoms with Crippen LogP contribution in [0.4, 0.5) is 13.2 Å². The van der Waals surface area contributed by atoms with Crippen LogP contribution in [-0.4, -0.2) is 72.0 Å². The van der Waals surface area contributed by atoms with Crippen LogP contribution in [0.25, 0.3) is 0 Å². The molecule has 1 aliphatic rings. The fraction of sp³-hybridized carbons (Fsp3) is 0.680. The lowest BCUT2D eigenvalue weighted by Crippen LogP contribution is -2.45. The summed E-state index contributed by atoms with van der Waals surface area (Å²) in [5.74, 6) is -3.65. The Hall–Kier alpha value is -2.17. The molecule has 1 aliphatic heterocycles. The highest BCUT2D eigenvalue weighted by Gasteiger charge is 2.42. The molecule has 35 heavy (non-hydrogen) atoms. The second kappa shape index (κ2) is 13.8. The molecule has 1 unspecified atom stereocenters. The van der Waals surface area contributed by atoms with Gasteiger partial charge in [-0.1, -0.05) is 32.0 Å². The lowest BCUT2D eigenvalue weighted by Gasteiger charge is -2.46. The Morgan fingerprint density at radius 2 is 1.74 bits per heavy atom. The van der Waals surface area contributed by atoms with Gasteiger partial charge in [-0.2, -0.15) is 13.2 Å². The average Bonchev–Trinajstić information content (AvgIpc) is 2.78. The van der Waals surface area contributed by atoms with Crippen LogP contribution in [0.2, 0.25) is 0 Å². The van der Waals surface area contributed by atoms with Gasteiger partial charge in [0.2, 0.25) is 0 Å². The summed E-state index contributed by atoms with van der Waals surface area (Å²) in [6.45, 7) is 13.9. The minimum atomic E-state index is -4.32. The maximum Gasteiger partial charge on any atom is 0.416 e. The van der Waals surface area contributed by atoms with Gasteiger partial charge in [0.1, 0.15) is 0 Å². The van der Waals surface area contributed by atoms with E-state index < -0.39 is 23.7 Å². The van der Waals surface area contributed by atoms with Crippen molar-refractivity contribution in [3.8, 4) is 0 Å². The van der Waals surface area contributed by atoms with Gasteiger partial charge < -0.3 is 25.2 Å². The first-order valence-corrected chi connectivity index (χ1v) is 12.0. The zero-order valence-corrected chi connectivity index (χ0v) is 21.1. The van der Waals surface area contributed by atoms with E-state index in [-0.39, 0.29) is 11.0 Å². The van der Waals surface area contributed by atoms with E-state index in [1.54, 1.807) is 6.07 Å². The van der Waals surface area contributed by atoms with Crippen LogP contribution in [0.1, 0.15) is 64.5 Å². The predicted molar refractivity (Wildman–Crippen MR) is 128 cm³/mol. The fourth-order valence-electron chi connectivity index (χ4n) is 4.53. The first-order valence-electron chi connectivity index (χ1n) is 12.0. The summed E-state index contributed by atoms with van der Waals surface area (Å²) < 4.78 is 45.7. The maximum absolute atomic E-state index is 13.3. The van der Waals surface area contributed by atoms with E-state index in [4.69, 9.17) is 24.5 Å². The molecule has 3 N–H and O–H groups in total. The zero-order valence-electron chi connectivity index (χ0n) is 21.1. The maximum atomic E-state index is 13.3. The van der Waals surface area contributed by atoms with Crippen molar-refractivity contribution in [3.05, 3.63) is 35.4 Å². The smallest absolute Gasteiger partial charge is 0.416 e. The van der Waals surface area contributed by atoms with Crippen molar-refractivity contribution in [3.63, 3.8) is 0 Å². The molecule has 2 rings (SSSR count). The third-order valence-corrected chi connectivity index (χ3v) is 6.33. The molecule has 1 fully saturated rings. The first kappa shape index (κ1) is 30.9. The van der Waals surface area contributed by atoms with Crippen molar-refractivity contribution in [1.29, 1.82) is 0 Å². The van der Waals surface area contributed by atoms with Crippen molar-refractivity contribution in [2.45, 2.75) is 70.6 Å². The molecule has 200 valence electrons. The average molecular weight is 505 g/mol. The van der Waals surface area contributed by atoms with E-state index >= 15 is 0 Å². The number of carboxylic acid groups (broad SMARTS) is 2. The number of nitrogens with one attached hydrogen (secondary N) is 1. The number of hydrogen-bond acceptors (Lipinski definition) is 5. The molecule has 1 aromatic carbocycles. The summed E-state index contributed by atoms with van der Waals surface area (Å²) >= 11 is 0. The first-order chi connectivity index (χ1) is 16.3. The number of carboxylic acids is 2. The van der Waals surface area contributed by atoms with Crippen LogP contribution in [-0.2, 0) is 25.9 Å². The lowest BCUT2D eigenvalue weighted by molar-refractivity contribution is -0.159. The van der Waals surface area contributed by atoms with E-state index in [9.17, 15) is 13.2 Å². The normalized spacial score (nSPS) is 19.7. The summed E-state index contributed by atoms with van der Waals surface area (Å²) in [6.07, 6.45) is -0.957. The molecular weight excluding hydrogens is 465 g/mol. The van der Waals surface area contributed by atoms with E-state index in [0.717, 1.165) is 70.0 Å². The Morgan fingerprint density at radius 1 is 1.11 bits per heavy atom. The molecule has 0 aromatic heterocycles. The van der Waals surface area contributed by atoms with Gasteiger partial charge in [0.15, 0.2) is 0 Å². The zero-order chi connectivity index (χ0) is 26.7. The molecule has 1 saturated heterocycles. The summed E-state index contributed by atoms with van der Waals surface area (Å²) in [6, 6.07) is 5.91. The minimum Gasteiger partial charge on any atom is -0.473 e. The number of aliphatic carboxylic acids is 2. The van der Waals surface area contributed by atoms with Crippen LogP contribution in [0, 0.1) is 0 Å². The Balaban J connectivity index is 0.000000905. The van der Waals surface area contributed by atoms with Gasteiger partial charge in [-0.25, -0.2) is 9.59 Å². The van der Waals surface area contributed by atoms with Crippen molar-refractivity contribution in [1.82, 2.24) is 10.2 Å². The number of nitrogens with zero attached hydrogens (tertiary/aromatic N) is 1. The molecule has 7 nitrogen and oxygen atoms in total. The third-order valence-electron chi connectivity index (χ3n) is 6.33. The predicted octanol–water partition coefficient (Wildman–Crippen LogP) is 4.40. The van der Waals surface area contributed by atoms with Crippen LogP contribution < -0.4 is 5.32 Å². The number of alkyl halides is 3. The number of benzene rings is 1. The molecule has 0 aliphatic carbocycles. The van der Waals surface area contributed by atoms with Gasteiger partial charge in [-0.3, -0.25) is 0 Å². The number of hydrogen-bond donors (Lipinski definition) is 3. The SMILES string of the molecule is CCN(CC)CCCNCCC1(c2cccc(C(F)(F)F)c2)CCOC(C)(C)C1.O=C(O)C(=O)O. The Labute approximate surface area is 205 Å². The van der Waals surface area contributed by atoms with Crippen molar-refractivity contribution in [2.75, 3.05) is 39.3 Å². The highest BCUT2D eigenvalue weighted by molar-refractivity contribution is 6.27. The largest absolute Gasteiger partial charge is 0.473 e. The molecule has 0 bridgehead atoms. The molecule has 1 heterocycles. The standard InChI is InChI=1S/C23H37F3N2O.C2H2O4/c1-5-28(6-2)15-8-13-27-14-11-22(12-16-29-21(3,4)18-22)19-9-7-10-20(17-19)23(24,25)26;3-1(4)2(5)6/h7,9-10,17,27H,5-6,8,11-16,18H2,1-4H3;(H,3,4)(H,5,6). The van der Waals surface area contributed by atoms with Gasteiger partial charge >= 0.3 is 18.1 Å². The van der Waals surface area contributed by atoms with Crippen LogP contribution in [0.15, 0.2) is 24.3 Å². The van der Waals surface area contributed by atoms with Crippen molar-refractivity contribution in [2.24, 2.45) is 0 Å². The Morgan fingerprint density at radius 3 is 2.26 bits per heavy atom. The summed E-state index contributed by atoms with van der Waals surface area (Å²) in [7, 11) is 0. The Bertz CT molecular complexity index is 801. The Kier molecular flexibility index (Phi) is 12.2. The molecule has 10 heteroatoms. The van der Waals surface area contributed by atoms with Crippen LogP contribution in [0.5, 0.6) is 0 Å². The van der Waals surface area contributed by atoms with Gasteiger partial charge in [-0.15, -0.1) is 0 Å². The molecule has 0 spiro atoms. The molecule has 0 saturated carbocycles. The second-order valence-electron chi connectivity index (χ2n) is 9.38. The quantitative estimate of drug-likeness (QED) is 0.321. The van der Waals surface area contributed by atoms with Gasteiger partial charge in [0.05, 0.1) is 11.2 Å². The molecular formula is C25H39F3N2O5. The number of halogens is 3. The summed E-state index contributed by atoms with van der Waals surface area (Å²) in [5.41, 5.74) is -0.413. The molecule has 1 aromatic rings. The summed E-state index contributed by atoms with van der Waals surface area (Å²) in [4.78, 5) is 20.6. The minimum absolute atomic E-state index is 0.297. The van der Waals surface area contributed by atoms with Crippen molar-refractivity contribution < 1.29 is 37.7 Å². The topological polar surface area (TPSA) is 99.1 Å². The van der Waals surface area contributed by atoms with E-state index in [0.29, 0.717) is 6.61 Å². The van der Waals surface area contributed by atoms with E-state index in [1.807, 2.05) is 19.9 Å². The number of carbonyl (C=O) groups is 2. The number of rotatable bonds is 10. The lowest BCUT2D eigenvalue weighted by atomic mass is 9.67.